The number of hydrogen-bond acceptors (Lipinski definition) is 6. The predicted molar refractivity (Wildman–Crippen MR) is 58.9 cm³/mol. The highest BCUT2D eigenvalue weighted by atomic mass is 32.1. The van der Waals surface area contributed by atoms with Crippen molar-refractivity contribution in [3.8, 4) is 0 Å². The normalized spacial score (nSPS) is 9.50. The average molecular weight is 233 g/mol. The fraction of sp³-hybridized carbons (Fsp3) is 0. The second-order valence-corrected chi connectivity index (χ2v) is 3.01. The number of aromatic nitrogens is 7. The van der Waals surface area contributed by atoms with Crippen molar-refractivity contribution in [2.45, 2.75) is 0 Å². The van der Waals surface area contributed by atoms with Crippen molar-refractivity contribution >= 4 is 23.4 Å². The highest BCUT2D eigenvalue weighted by Gasteiger charge is 1.94. The van der Waals surface area contributed by atoms with Crippen LogP contribution < -0.4 is 0 Å². The molecule has 0 aromatic carbocycles. The Kier molecular flexibility index (Phi) is 3.24. The van der Waals surface area contributed by atoms with Crippen molar-refractivity contribution in [3.63, 3.8) is 0 Å². The van der Waals surface area contributed by atoms with Gasteiger partial charge in [-0.3, -0.25) is 0 Å². The van der Waals surface area contributed by atoms with Gasteiger partial charge in [-0.15, -0.1) is 0 Å². The average Bonchev–Trinajstić information content (AvgIpc) is 2.82. The lowest BCUT2D eigenvalue weighted by Crippen LogP contribution is -1.80. The zero-order chi connectivity index (χ0) is 11.2. The Balaban J connectivity index is 0.000000138. The zero-order valence-corrected chi connectivity index (χ0v) is 8.85. The molecule has 0 unspecified atom stereocenters. The number of fused-ring (bicyclic) bond motifs is 1. The topological polar surface area (TPSA) is 96.0 Å². The standard InChI is InChI=1S/C5H4N4S.C3H3N3/c10-5-3-4(7-1-6-3)8-2-9-5;1-4-2-6-3-5-1/h1-2H,(H2,6,7,8,9,10);1-3H. The third kappa shape index (κ3) is 2.42. The Bertz CT molecular complexity index is 575. The van der Waals surface area contributed by atoms with Gasteiger partial charge in [0.15, 0.2) is 10.3 Å². The first-order chi connectivity index (χ1) is 7.88. The molecule has 0 atom stereocenters. The molecule has 0 aliphatic carbocycles. The molecule has 0 fully saturated rings. The van der Waals surface area contributed by atoms with Crippen LogP contribution in [0.2, 0.25) is 0 Å². The Morgan fingerprint density at radius 3 is 2.06 bits per heavy atom. The monoisotopic (exact) mass is 233 g/mol. The molecule has 0 bridgehead atoms. The molecule has 0 saturated heterocycles. The van der Waals surface area contributed by atoms with Crippen LogP contribution in [-0.2, 0) is 0 Å². The van der Waals surface area contributed by atoms with E-state index in [-0.39, 0.29) is 0 Å². The van der Waals surface area contributed by atoms with Crippen LogP contribution in [0.1, 0.15) is 0 Å². The van der Waals surface area contributed by atoms with Crippen LogP contribution in [0.25, 0.3) is 11.2 Å². The first-order valence-electron chi connectivity index (χ1n) is 4.29. The summed E-state index contributed by atoms with van der Waals surface area (Å²) in [6, 6.07) is 0. The van der Waals surface area contributed by atoms with E-state index >= 15 is 0 Å². The lowest BCUT2D eigenvalue weighted by molar-refractivity contribution is 1.05. The first-order valence-corrected chi connectivity index (χ1v) is 4.70. The van der Waals surface area contributed by atoms with Crippen LogP contribution in [0, 0.1) is 4.64 Å². The number of H-pyrrole nitrogens is 2. The maximum Gasteiger partial charge on any atom is 0.159 e. The highest BCUT2D eigenvalue weighted by Crippen LogP contribution is 2.02. The molecular formula is C8H7N7S. The van der Waals surface area contributed by atoms with Gasteiger partial charge < -0.3 is 9.97 Å². The van der Waals surface area contributed by atoms with Crippen LogP contribution in [0.3, 0.4) is 0 Å². The summed E-state index contributed by atoms with van der Waals surface area (Å²) in [5, 5.41) is 0. The van der Waals surface area contributed by atoms with Crippen molar-refractivity contribution in [2.75, 3.05) is 0 Å². The van der Waals surface area contributed by atoms with E-state index in [1.165, 1.54) is 25.3 Å². The molecule has 0 spiro atoms. The molecule has 80 valence electrons. The van der Waals surface area contributed by atoms with E-state index in [1.807, 2.05) is 0 Å². The summed E-state index contributed by atoms with van der Waals surface area (Å²) in [6.45, 7) is 0. The number of aromatic amines is 2. The molecule has 7 nitrogen and oxygen atoms in total. The fourth-order valence-corrected chi connectivity index (χ4v) is 1.20. The summed E-state index contributed by atoms with van der Waals surface area (Å²) in [7, 11) is 0. The smallest absolute Gasteiger partial charge is 0.159 e. The summed E-state index contributed by atoms with van der Waals surface area (Å²) in [5.41, 5.74) is 1.54. The number of imidazole rings is 1. The van der Waals surface area contributed by atoms with Crippen molar-refractivity contribution in [2.24, 2.45) is 0 Å². The molecule has 3 aromatic heterocycles. The third-order valence-electron chi connectivity index (χ3n) is 1.64. The molecule has 2 N–H and O–H groups in total. The van der Waals surface area contributed by atoms with Gasteiger partial charge in [0.25, 0.3) is 0 Å². The maximum absolute atomic E-state index is 4.91. The van der Waals surface area contributed by atoms with Gasteiger partial charge in [0, 0.05) is 0 Å². The highest BCUT2D eigenvalue weighted by molar-refractivity contribution is 7.71. The second-order valence-electron chi connectivity index (χ2n) is 2.63. The van der Waals surface area contributed by atoms with Gasteiger partial charge in [0.05, 0.1) is 12.7 Å². The SMILES string of the molecule is S=c1nc[nH]c2nc[nH]c12.c1ncncn1. The second kappa shape index (κ2) is 5.03. The van der Waals surface area contributed by atoms with Crippen molar-refractivity contribution < 1.29 is 0 Å². The summed E-state index contributed by atoms with van der Waals surface area (Å²) < 4.78 is 0.547. The summed E-state index contributed by atoms with van der Waals surface area (Å²) >= 11 is 4.91. The number of nitrogens with one attached hydrogen (secondary N) is 2. The number of rotatable bonds is 0. The van der Waals surface area contributed by atoms with Gasteiger partial charge in [-0.2, -0.15) is 0 Å². The van der Waals surface area contributed by atoms with E-state index < -0.39 is 0 Å². The van der Waals surface area contributed by atoms with Crippen LogP contribution >= 0.6 is 12.2 Å². The van der Waals surface area contributed by atoms with Gasteiger partial charge >= 0.3 is 0 Å². The summed E-state index contributed by atoms with van der Waals surface area (Å²) in [6.07, 6.45) is 7.43. The van der Waals surface area contributed by atoms with Crippen molar-refractivity contribution in [1.82, 2.24) is 34.9 Å². The Morgan fingerprint density at radius 2 is 1.50 bits per heavy atom. The van der Waals surface area contributed by atoms with E-state index in [2.05, 4.69) is 34.9 Å². The minimum absolute atomic E-state index is 0.547. The quantitative estimate of drug-likeness (QED) is 0.560. The van der Waals surface area contributed by atoms with Gasteiger partial charge in [-0.05, 0) is 0 Å². The molecule has 0 aliphatic rings. The molecule has 8 heteroatoms. The lowest BCUT2D eigenvalue weighted by Gasteiger charge is -1.84. The van der Waals surface area contributed by atoms with E-state index in [9.17, 15) is 0 Å². The molecule has 0 amide bonds. The molecule has 16 heavy (non-hydrogen) atoms. The minimum Gasteiger partial charge on any atom is -0.341 e. The predicted octanol–water partition coefficient (Wildman–Crippen LogP) is 0.887. The zero-order valence-electron chi connectivity index (χ0n) is 8.03. The van der Waals surface area contributed by atoms with E-state index in [1.54, 1.807) is 6.33 Å². The van der Waals surface area contributed by atoms with Gasteiger partial charge in [-0.1, -0.05) is 12.2 Å². The lowest BCUT2D eigenvalue weighted by atomic mass is 10.6. The van der Waals surface area contributed by atoms with Gasteiger partial charge in [0.2, 0.25) is 0 Å². The van der Waals surface area contributed by atoms with Crippen molar-refractivity contribution in [3.05, 3.63) is 36.3 Å². The van der Waals surface area contributed by atoms with E-state index in [0.717, 1.165) is 11.2 Å². The fourth-order valence-electron chi connectivity index (χ4n) is 0.988. The first kappa shape index (κ1) is 10.3. The number of hydrogen-bond donors (Lipinski definition) is 2. The number of nitrogens with zero attached hydrogens (tertiary/aromatic N) is 5. The summed E-state index contributed by atoms with van der Waals surface area (Å²) in [5.74, 6) is 0. The molecule has 0 saturated carbocycles. The maximum atomic E-state index is 4.91. The largest absolute Gasteiger partial charge is 0.341 e. The van der Waals surface area contributed by atoms with Crippen LogP contribution in [0.5, 0.6) is 0 Å². The van der Waals surface area contributed by atoms with Gasteiger partial charge in [0.1, 0.15) is 24.5 Å². The summed E-state index contributed by atoms with van der Waals surface area (Å²) in [4.78, 5) is 24.2. The molecule has 0 radical (unpaired) electrons. The van der Waals surface area contributed by atoms with Crippen molar-refractivity contribution in [1.29, 1.82) is 0 Å². The molecule has 0 aliphatic heterocycles. The molecule has 3 rings (SSSR count). The molecular weight excluding hydrogens is 226 g/mol. The molecule has 3 heterocycles. The van der Waals surface area contributed by atoms with E-state index in [0.29, 0.717) is 4.64 Å². The Labute approximate surface area is 95.1 Å². The van der Waals surface area contributed by atoms with Crippen LogP contribution in [0.4, 0.5) is 0 Å². The Morgan fingerprint density at radius 1 is 0.875 bits per heavy atom. The van der Waals surface area contributed by atoms with Crippen LogP contribution in [-0.4, -0.2) is 34.9 Å². The van der Waals surface area contributed by atoms with E-state index in [4.69, 9.17) is 12.2 Å². The van der Waals surface area contributed by atoms with Gasteiger partial charge in [-0.25, -0.2) is 24.9 Å². The third-order valence-corrected chi connectivity index (χ3v) is 1.95. The minimum atomic E-state index is 0.547. The molecule has 3 aromatic rings. The van der Waals surface area contributed by atoms with Crippen LogP contribution in [0.15, 0.2) is 31.6 Å². The Hall–Kier alpha value is -2.22.